The zero-order chi connectivity index (χ0) is 17.4. The Morgan fingerprint density at radius 3 is 2.80 bits per heavy atom. The number of hydrogen-bond donors (Lipinski definition) is 0. The maximum Gasteiger partial charge on any atom is 0.249 e. The van der Waals surface area contributed by atoms with Crippen LogP contribution in [0.3, 0.4) is 0 Å². The molecule has 0 saturated heterocycles. The second-order valence-corrected chi connectivity index (χ2v) is 5.63. The first-order valence-electron chi connectivity index (χ1n) is 7.76. The van der Waals surface area contributed by atoms with Crippen molar-refractivity contribution in [2.75, 3.05) is 0 Å². The van der Waals surface area contributed by atoms with Gasteiger partial charge in [0.05, 0.1) is 5.69 Å². The van der Waals surface area contributed by atoms with Gasteiger partial charge in [0.25, 0.3) is 0 Å². The monoisotopic (exact) mass is 338 g/mol. The number of imidazole rings is 1. The van der Waals surface area contributed by atoms with Gasteiger partial charge in [0.1, 0.15) is 17.7 Å². The Morgan fingerprint density at radius 2 is 2.08 bits per heavy atom. The van der Waals surface area contributed by atoms with Gasteiger partial charge in [-0.25, -0.2) is 14.1 Å². The molecule has 1 atom stereocenters. The van der Waals surface area contributed by atoms with Crippen LogP contribution in [0.4, 0.5) is 4.39 Å². The van der Waals surface area contributed by atoms with Gasteiger partial charge in [-0.2, -0.15) is 10.1 Å². The number of nitrogens with zero attached hydrogens (tertiary/aromatic N) is 6. The lowest BCUT2D eigenvalue weighted by molar-refractivity contribution is 0.343. The summed E-state index contributed by atoms with van der Waals surface area (Å²) in [6, 6.07) is 6.09. The molecule has 0 amide bonds. The summed E-state index contributed by atoms with van der Waals surface area (Å²) >= 11 is 0. The van der Waals surface area contributed by atoms with Gasteiger partial charge in [0, 0.05) is 30.4 Å². The van der Waals surface area contributed by atoms with Crippen LogP contribution < -0.4 is 0 Å². The van der Waals surface area contributed by atoms with Crippen LogP contribution in [0.1, 0.15) is 24.7 Å². The predicted molar refractivity (Wildman–Crippen MR) is 87.6 cm³/mol. The van der Waals surface area contributed by atoms with Crippen molar-refractivity contribution in [3.63, 3.8) is 0 Å². The van der Waals surface area contributed by atoms with Gasteiger partial charge in [-0.05, 0) is 38.1 Å². The summed E-state index contributed by atoms with van der Waals surface area (Å²) in [5, 5.41) is 8.07. The molecule has 0 fully saturated rings. The average Bonchev–Trinajstić information content (AvgIpc) is 3.35. The summed E-state index contributed by atoms with van der Waals surface area (Å²) in [6.45, 7) is 3.68. The lowest BCUT2D eigenvalue weighted by Gasteiger charge is -2.15. The van der Waals surface area contributed by atoms with Gasteiger partial charge in [-0.1, -0.05) is 5.16 Å². The number of aryl methyl sites for hydroxylation is 1. The first-order valence-corrected chi connectivity index (χ1v) is 7.76. The fourth-order valence-electron chi connectivity index (χ4n) is 2.73. The summed E-state index contributed by atoms with van der Waals surface area (Å²) in [7, 11) is 0. The summed E-state index contributed by atoms with van der Waals surface area (Å²) in [5.41, 5.74) is 1.35. The standard InChI is InChI=1S/C17H15FN6O/c1-11(17-21-12(2)22-25-17)23-9-7-19-16(23)14-10-13(18)4-5-15(14)24-8-3-6-20-24/h3-11H,1-2H3. The van der Waals surface area contributed by atoms with Crippen molar-refractivity contribution >= 4 is 0 Å². The van der Waals surface area contributed by atoms with Crippen LogP contribution in [0.5, 0.6) is 0 Å². The molecule has 0 aliphatic carbocycles. The van der Waals surface area contributed by atoms with Gasteiger partial charge < -0.3 is 9.09 Å². The molecule has 4 rings (SSSR count). The minimum Gasteiger partial charge on any atom is -0.337 e. The fraction of sp³-hybridized carbons (Fsp3) is 0.176. The molecule has 0 N–H and O–H groups in total. The number of aromatic nitrogens is 6. The minimum absolute atomic E-state index is 0.243. The maximum absolute atomic E-state index is 13.9. The van der Waals surface area contributed by atoms with E-state index < -0.39 is 0 Å². The van der Waals surface area contributed by atoms with E-state index in [9.17, 15) is 4.39 Å². The normalized spacial score (nSPS) is 12.4. The van der Waals surface area contributed by atoms with E-state index in [1.807, 2.05) is 17.6 Å². The van der Waals surface area contributed by atoms with Crippen molar-refractivity contribution in [2.24, 2.45) is 0 Å². The molecule has 7 nitrogen and oxygen atoms in total. The number of halogens is 1. The summed E-state index contributed by atoms with van der Waals surface area (Å²) in [4.78, 5) is 8.69. The molecule has 0 aliphatic rings. The smallest absolute Gasteiger partial charge is 0.249 e. The van der Waals surface area contributed by atoms with E-state index in [1.165, 1.54) is 12.1 Å². The van der Waals surface area contributed by atoms with Crippen LogP contribution in [0, 0.1) is 12.7 Å². The SMILES string of the molecule is Cc1noc(C(C)n2ccnc2-c2cc(F)ccc2-n2cccn2)n1. The summed E-state index contributed by atoms with van der Waals surface area (Å²) in [6.07, 6.45) is 6.93. The molecule has 1 unspecified atom stereocenters. The largest absolute Gasteiger partial charge is 0.337 e. The van der Waals surface area contributed by atoms with Crippen LogP contribution in [0.25, 0.3) is 17.1 Å². The molecule has 0 bridgehead atoms. The van der Waals surface area contributed by atoms with Gasteiger partial charge in [-0.15, -0.1) is 0 Å². The number of benzene rings is 1. The highest BCUT2D eigenvalue weighted by molar-refractivity contribution is 5.68. The zero-order valence-corrected chi connectivity index (χ0v) is 13.7. The average molecular weight is 338 g/mol. The van der Waals surface area contributed by atoms with E-state index in [2.05, 4.69) is 20.2 Å². The van der Waals surface area contributed by atoms with Gasteiger partial charge in [-0.3, -0.25) is 0 Å². The van der Waals surface area contributed by atoms with E-state index in [1.54, 1.807) is 42.5 Å². The summed E-state index contributed by atoms with van der Waals surface area (Å²) in [5.74, 6) is 1.27. The minimum atomic E-state index is -0.346. The molecule has 1 aromatic carbocycles. The van der Waals surface area contributed by atoms with Crippen LogP contribution in [0.2, 0.25) is 0 Å². The highest BCUT2D eigenvalue weighted by Gasteiger charge is 2.21. The first kappa shape index (κ1) is 15.3. The molecular weight excluding hydrogens is 323 g/mol. The van der Waals surface area contributed by atoms with E-state index in [4.69, 9.17) is 4.52 Å². The van der Waals surface area contributed by atoms with Crippen LogP contribution in [0.15, 0.2) is 53.6 Å². The van der Waals surface area contributed by atoms with Crippen molar-refractivity contribution < 1.29 is 8.91 Å². The van der Waals surface area contributed by atoms with Crippen molar-refractivity contribution in [1.82, 2.24) is 29.5 Å². The maximum atomic E-state index is 13.9. The molecule has 0 aliphatic heterocycles. The Labute approximate surface area is 142 Å². The molecule has 3 aromatic heterocycles. The van der Waals surface area contributed by atoms with Gasteiger partial charge in [0.15, 0.2) is 5.82 Å². The lowest BCUT2D eigenvalue weighted by atomic mass is 10.1. The second-order valence-electron chi connectivity index (χ2n) is 5.63. The second kappa shape index (κ2) is 5.97. The highest BCUT2D eigenvalue weighted by Crippen LogP contribution is 2.29. The van der Waals surface area contributed by atoms with Gasteiger partial charge in [0.2, 0.25) is 5.89 Å². The molecule has 3 heterocycles. The van der Waals surface area contributed by atoms with Crippen LogP contribution >= 0.6 is 0 Å². The van der Waals surface area contributed by atoms with E-state index in [-0.39, 0.29) is 11.9 Å². The number of rotatable bonds is 4. The van der Waals surface area contributed by atoms with E-state index in [0.717, 1.165) is 5.69 Å². The third-order valence-electron chi connectivity index (χ3n) is 3.94. The Hall–Kier alpha value is -3.29. The van der Waals surface area contributed by atoms with Crippen molar-refractivity contribution in [2.45, 2.75) is 19.9 Å². The Kier molecular flexibility index (Phi) is 3.64. The molecule has 4 aromatic rings. The predicted octanol–water partition coefficient (Wildman–Crippen LogP) is 3.18. The van der Waals surface area contributed by atoms with E-state index in [0.29, 0.717) is 23.1 Å². The van der Waals surface area contributed by atoms with Crippen LogP contribution in [-0.4, -0.2) is 29.5 Å². The Balaban J connectivity index is 1.84. The van der Waals surface area contributed by atoms with Crippen molar-refractivity contribution in [1.29, 1.82) is 0 Å². The topological polar surface area (TPSA) is 74.6 Å². The zero-order valence-electron chi connectivity index (χ0n) is 13.7. The fourth-order valence-corrected chi connectivity index (χ4v) is 2.73. The molecule has 0 spiro atoms. The first-order chi connectivity index (χ1) is 12.1. The molecular formula is C17H15FN6O. The molecule has 0 saturated carbocycles. The quantitative estimate of drug-likeness (QED) is 0.571. The van der Waals surface area contributed by atoms with Gasteiger partial charge >= 0.3 is 0 Å². The Bertz CT molecular complexity index is 1000. The lowest BCUT2D eigenvalue weighted by Crippen LogP contribution is -2.09. The molecule has 0 radical (unpaired) electrons. The van der Waals surface area contributed by atoms with Crippen molar-refractivity contribution in [3.8, 4) is 17.1 Å². The van der Waals surface area contributed by atoms with Crippen molar-refractivity contribution in [3.05, 3.63) is 66.6 Å². The highest BCUT2D eigenvalue weighted by atomic mass is 19.1. The third kappa shape index (κ3) is 2.71. The summed E-state index contributed by atoms with van der Waals surface area (Å²) < 4.78 is 22.7. The Morgan fingerprint density at radius 1 is 1.20 bits per heavy atom. The molecule has 126 valence electrons. The van der Waals surface area contributed by atoms with E-state index >= 15 is 0 Å². The molecule has 25 heavy (non-hydrogen) atoms. The third-order valence-corrected chi connectivity index (χ3v) is 3.94. The number of hydrogen-bond acceptors (Lipinski definition) is 5. The molecule has 8 heteroatoms. The van der Waals surface area contributed by atoms with Crippen LogP contribution in [-0.2, 0) is 0 Å².